The van der Waals surface area contributed by atoms with Crippen LogP contribution in [0.4, 0.5) is 0 Å². The van der Waals surface area contributed by atoms with Crippen LogP contribution in [0, 0.1) is 5.92 Å². The van der Waals surface area contributed by atoms with Gasteiger partial charge < -0.3 is 14.5 Å². The zero-order valence-electron chi connectivity index (χ0n) is 15.7. The fourth-order valence-corrected chi connectivity index (χ4v) is 4.53. The Hall–Kier alpha value is -1.89. The van der Waals surface area contributed by atoms with Crippen LogP contribution in [0.3, 0.4) is 0 Å². The number of aromatic nitrogens is 2. The van der Waals surface area contributed by atoms with Gasteiger partial charge in [0.2, 0.25) is 5.91 Å². The lowest BCUT2D eigenvalue weighted by Crippen LogP contribution is -2.42. The SMILES string of the molecule is C[C@@H]1Cc2c(C(=O)N3CCC(CN4CCCC4=O)CC3)n[nH]c2[C@H](C)O1. The van der Waals surface area contributed by atoms with Gasteiger partial charge >= 0.3 is 0 Å². The number of rotatable bonds is 3. The van der Waals surface area contributed by atoms with Crippen molar-refractivity contribution >= 4 is 11.8 Å². The molecule has 2 saturated heterocycles. The Bertz CT molecular complexity index is 693. The third kappa shape index (κ3) is 3.24. The lowest BCUT2D eigenvalue weighted by Gasteiger charge is -2.34. The zero-order valence-corrected chi connectivity index (χ0v) is 15.7. The molecule has 2 fully saturated rings. The Morgan fingerprint density at radius 3 is 2.73 bits per heavy atom. The molecule has 4 rings (SSSR count). The van der Waals surface area contributed by atoms with Crippen molar-refractivity contribution in [1.82, 2.24) is 20.0 Å². The summed E-state index contributed by atoms with van der Waals surface area (Å²) < 4.78 is 5.81. The van der Waals surface area contributed by atoms with Crippen LogP contribution in [0.25, 0.3) is 0 Å². The van der Waals surface area contributed by atoms with Gasteiger partial charge in [-0.05, 0) is 39.0 Å². The van der Waals surface area contributed by atoms with Crippen LogP contribution in [-0.4, -0.2) is 64.1 Å². The van der Waals surface area contributed by atoms with E-state index in [1.807, 2.05) is 23.6 Å². The first-order valence-corrected chi connectivity index (χ1v) is 9.82. The lowest BCUT2D eigenvalue weighted by atomic mass is 9.95. The molecular weight excluding hydrogens is 332 g/mol. The number of hydrogen-bond donors (Lipinski definition) is 1. The Kier molecular flexibility index (Phi) is 4.73. The normalized spacial score (nSPS) is 27.1. The van der Waals surface area contributed by atoms with E-state index in [0.717, 1.165) is 63.1 Å². The number of amides is 2. The maximum atomic E-state index is 13.0. The number of likely N-dealkylation sites (tertiary alicyclic amines) is 2. The van der Waals surface area contributed by atoms with Crippen molar-refractivity contribution in [3.05, 3.63) is 17.0 Å². The molecule has 0 spiro atoms. The van der Waals surface area contributed by atoms with E-state index in [1.165, 1.54) is 0 Å². The van der Waals surface area contributed by atoms with Gasteiger partial charge in [-0.3, -0.25) is 14.7 Å². The summed E-state index contributed by atoms with van der Waals surface area (Å²) in [5.41, 5.74) is 2.52. The first kappa shape index (κ1) is 17.5. The molecule has 0 aromatic carbocycles. The zero-order chi connectivity index (χ0) is 18.3. The summed E-state index contributed by atoms with van der Waals surface area (Å²) in [6.07, 6.45) is 4.38. The van der Waals surface area contributed by atoms with Crippen molar-refractivity contribution in [3.63, 3.8) is 0 Å². The minimum atomic E-state index is -0.0495. The fraction of sp³-hybridized carbons (Fsp3) is 0.737. The number of carbonyl (C=O) groups is 2. The highest BCUT2D eigenvalue weighted by molar-refractivity contribution is 5.94. The van der Waals surface area contributed by atoms with Crippen LogP contribution < -0.4 is 0 Å². The maximum absolute atomic E-state index is 13.0. The van der Waals surface area contributed by atoms with E-state index < -0.39 is 0 Å². The second-order valence-electron chi connectivity index (χ2n) is 7.94. The molecule has 7 nitrogen and oxygen atoms in total. The second kappa shape index (κ2) is 7.02. The van der Waals surface area contributed by atoms with E-state index >= 15 is 0 Å². The predicted octanol–water partition coefficient (Wildman–Crippen LogP) is 1.91. The largest absolute Gasteiger partial charge is 0.369 e. The molecule has 3 aliphatic rings. The van der Waals surface area contributed by atoms with Gasteiger partial charge in [0.25, 0.3) is 5.91 Å². The molecule has 26 heavy (non-hydrogen) atoms. The van der Waals surface area contributed by atoms with Crippen LogP contribution in [0.1, 0.15) is 67.4 Å². The molecular formula is C19H28N4O3. The maximum Gasteiger partial charge on any atom is 0.274 e. The average molecular weight is 360 g/mol. The molecule has 7 heteroatoms. The molecule has 2 atom stereocenters. The molecule has 1 aromatic heterocycles. The monoisotopic (exact) mass is 360 g/mol. The minimum absolute atomic E-state index is 0.0273. The van der Waals surface area contributed by atoms with Crippen molar-refractivity contribution < 1.29 is 14.3 Å². The predicted molar refractivity (Wildman–Crippen MR) is 95.7 cm³/mol. The van der Waals surface area contributed by atoms with E-state index in [2.05, 4.69) is 10.2 Å². The topological polar surface area (TPSA) is 78.5 Å². The number of ether oxygens (including phenoxy) is 1. The van der Waals surface area contributed by atoms with E-state index in [-0.39, 0.29) is 24.0 Å². The summed E-state index contributed by atoms with van der Waals surface area (Å²) in [4.78, 5) is 28.7. The number of carbonyl (C=O) groups excluding carboxylic acids is 2. The molecule has 0 bridgehead atoms. The Balaban J connectivity index is 1.38. The number of nitrogens with one attached hydrogen (secondary N) is 1. The Labute approximate surface area is 154 Å². The van der Waals surface area contributed by atoms with Gasteiger partial charge in [0.15, 0.2) is 5.69 Å². The fourth-order valence-electron chi connectivity index (χ4n) is 4.53. The summed E-state index contributed by atoms with van der Waals surface area (Å²) in [6, 6.07) is 0. The van der Waals surface area contributed by atoms with Gasteiger partial charge in [-0.1, -0.05) is 0 Å². The minimum Gasteiger partial charge on any atom is -0.369 e. The highest BCUT2D eigenvalue weighted by atomic mass is 16.5. The smallest absolute Gasteiger partial charge is 0.274 e. The van der Waals surface area contributed by atoms with Gasteiger partial charge in [-0.25, -0.2) is 0 Å². The number of H-pyrrole nitrogens is 1. The van der Waals surface area contributed by atoms with Gasteiger partial charge in [0, 0.05) is 44.6 Å². The van der Waals surface area contributed by atoms with Crippen molar-refractivity contribution in [2.24, 2.45) is 5.92 Å². The highest BCUT2D eigenvalue weighted by Gasteiger charge is 2.33. The number of hydrogen-bond acceptors (Lipinski definition) is 4. The van der Waals surface area contributed by atoms with Crippen molar-refractivity contribution in [3.8, 4) is 0 Å². The summed E-state index contributed by atoms with van der Waals surface area (Å²) in [5.74, 6) is 0.819. The number of piperidine rings is 1. The molecule has 1 aromatic rings. The molecule has 4 heterocycles. The Morgan fingerprint density at radius 1 is 1.27 bits per heavy atom. The molecule has 1 N–H and O–H groups in total. The van der Waals surface area contributed by atoms with Gasteiger partial charge in [0.1, 0.15) is 0 Å². The summed E-state index contributed by atoms with van der Waals surface area (Å²) in [7, 11) is 0. The number of nitrogens with zero attached hydrogens (tertiary/aromatic N) is 3. The van der Waals surface area contributed by atoms with Crippen LogP contribution in [0.2, 0.25) is 0 Å². The van der Waals surface area contributed by atoms with E-state index in [4.69, 9.17) is 4.74 Å². The number of fused-ring (bicyclic) bond motifs is 1. The summed E-state index contributed by atoms with van der Waals surface area (Å²) in [5, 5.41) is 7.33. The Morgan fingerprint density at radius 2 is 2.04 bits per heavy atom. The van der Waals surface area contributed by atoms with Gasteiger partial charge in [-0.2, -0.15) is 5.10 Å². The van der Waals surface area contributed by atoms with Crippen molar-refractivity contribution in [2.45, 2.75) is 58.2 Å². The third-order valence-electron chi connectivity index (χ3n) is 5.99. The molecule has 0 unspecified atom stereocenters. The molecule has 142 valence electrons. The lowest BCUT2D eigenvalue weighted by molar-refractivity contribution is -0.128. The highest BCUT2D eigenvalue weighted by Crippen LogP contribution is 2.31. The van der Waals surface area contributed by atoms with E-state index in [9.17, 15) is 9.59 Å². The molecule has 3 aliphatic heterocycles. The quantitative estimate of drug-likeness (QED) is 0.893. The average Bonchev–Trinajstić information content (AvgIpc) is 3.22. The first-order chi connectivity index (χ1) is 12.5. The second-order valence-corrected chi connectivity index (χ2v) is 7.94. The van der Waals surface area contributed by atoms with Crippen LogP contribution >= 0.6 is 0 Å². The molecule has 0 aliphatic carbocycles. The summed E-state index contributed by atoms with van der Waals surface area (Å²) >= 11 is 0. The van der Waals surface area contributed by atoms with Gasteiger partial charge in [-0.15, -0.1) is 0 Å². The standard InChI is InChI=1S/C19H28N4O3/c1-12-10-15-17(13(2)26-12)20-21-18(15)19(25)22-8-5-14(6-9-22)11-23-7-3-4-16(23)24/h12-14H,3-11H2,1-2H3,(H,20,21)/t12-,13+/m1/s1. The van der Waals surface area contributed by atoms with Crippen LogP contribution in [-0.2, 0) is 16.0 Å². The first-order valence-electron chi connectivity index (χ1n) is 9.82. The van der Waals surface area contributed by atoms with Crippen molar-refractivity contribution in [1.29, 1.82) is 0 Å². The van der Waals surface area contributed by atoms with Crippen molar-refractivity contribution in [2.75, 3.05) is 26.2 Å². The molecule has 2 amide bonds. The van der Waals surface area contributed by atoms with E-state index in [1.54, 1.807) is 0 Å². The van der Waals surface area contributed by atoms with E-state index in [0.29, 0.717) is 18.0 Å². The van der Waals surface area contributed by atoms with Crippen LogP contribution in [0.15, 0.2) is 0 Å². The summed E-state index contributed by atoms with van der Waals surface area (Å²) in [6.45, 7) is 7.27. The molecule has 0 saturated carbocycles. The number of aromatic amines is 1. The third-order valence-corrected chi connectivity index (χ3v) is 5.99. The van der Waals surface area contributed by atoms with Gasteiger partial charge in [0.05, 0.1) is 17.9 Å². The van der Waals surface area contributed by atoms with Crippen LogP contribution in [0.5, 0.6) is 0 Å². The molecule has 0 radical (unpaired) electrons.